The van der Waals surface area contributed by atoms with Crippen LogP contribution in [0.25, 0.3) is 0 Å². The molecule has 11 heavy (non-hydrogen) atoms. The topological polar surface area (TPSA) is 37.3 Å². The Hall–Kier alpha value is -1.31. The van der Waals surface area contributed by atoms with Gasteiger partial charge in [-0.05, 0) is 18.6 Å². The summed E-state index contributed by atoms with van der Waals surface area (Å²) in [4.78, 5) is 10.0. The summed E-state index contributed by atoms with van der Waals surface area (Å²) in [6.45, 7) is 5.09. The lowest BCUT2D eigenvalue weighted by molar-refractivity contribution is -0.107. The summed E-state index contributed by atoms with van der Waals surface area (Å²) in [6, 6.07) is 0. The van der Waals surface area contributed by atoms with Crippen LogP contribution in [-0.2, 0) is 4.79 Å². The van der Waals surface area contributed by atoms with E-state index in [4.69, 9.17) is 5.11 Å². The van der Waals surface area contributed by atoms with E-state index in [1.165, 1.54) is 6.08 Å². The molecule has 0 atom stereocenters. The van der Waals surface area contributed by atoms with Crippen molar-refractivity contribution in [1.82, 2.24) is 0 Å². The quantitative estimate of drug-likeness (QED) is 0.380. The van der Waals surface area contributed by atoms with Gasteiger partial charge in [-0.1, -0.05) is 18.7 Å². The minimum absolute atomic E-state index is 0.218. The van der Waals surface area contributed by atoms with Gasteiger partial charge in [-0.25, -0.2) is 0 Å². The molecule has 2 heteroatoms. The number of carbonyl (C=O) groups is 1. The second-order valence-corrected chi connectivity index (χ2v) is 2.12. The largest absolute Gasteiger partial charge is 0.513 e. The van der Waals surface area contributed by atoms with E-state index in [2.05, 4.69) is 6.58 Å². The van der Waals surface area contributed by atoms with Gasteiger partial charge in [0.1, 0.15) is 6.29 Å². The Morgan fingerprint density at radius 3 is 2.55 bits per heavy atom. The van der Waals surface area contributed by atoms with Crippen molar-refractivity contribution in [2.75, 3.05) is 0 Å². The van der Waals surface area contributed by atoms with Crippen molar-refractivity contribution < 1.29 is 9.90 Å². The zero-order valence-electron chi connectivity index (χ0n) is 6.58. The van der Waals surface area contributed by atoms with E-state index in [0.717, 1.165) is 11.9 Å². The van der Waals surface area contributed by atoms with Crippen LogP contribution in [0.3, 0.4) is 0 Å². The van der Waals surface area contributed by atoms with Gasteiger partial charge in [-0.3, -0.25) is 0 Å². The number of rotatable bonds is 4. The molecule has 0 aromatic heterocycles. The van der Waals surface area contributed by atoms with Crippen LogP contribution in [0.15, 0.2) is 36.1 Å². The zero-order chi connectivity index (χ0) is 8.69. The zero-order valence-corrected chi connectivity index (χ0v) is 6.58. The highest BCUT2D eigenvalue weighted by Crippen LogP contribution is 2.00. The van der Waals surface area contributed by atoms with Gasteiger partial charge in [0.05, 0.1) is 5.76 Å². The van der Waals surface area contributed by atoms with Crippen molar-refractivity contribution in [2.24, 2.45) is 0 Å². The number of aliphatic hydroxyl groups is 1. The molecule has 1 N–H and O–H groups in total. The first-order chi connectivity index (χ1) is 5.20. The first-order valence-electron chi connectivity index (χ1n) is 3.33. The molecule has 0 heterocycles. The average molecular weight is 152 g/mol. The van der Waals surface area contributed by atoms with Crippen LogP contribution in [0, 0.1) is 0 Å². The third-order valence-corrected chi connectivity index (χ3v) is 1.12. The number of hydrogen-bond acceptors (Lipinski definition) is 2. The fourth-order valence-electron chi connectivity index (χ4n) is 0.543. The summed E-state index contributed by atoms with van der Waals surface area (Å²) in [6.07, 6.45) is 5.92. The Morgan fingerprint density at radius 2 is 2.18 bits per heavy atom. The van der Waals surface area contributed by atoms with Gasteiger partial charge >= 0.3 is 0 Å². The van der Waals surface area contributed by atoms with Crippen LogP contribution in [-0.4, -0.2) is 11.4 Å². The second-order valence-electron chi connectivity index (χ2n) is 2.12. The van der Waals surface area contributed by atoms with E-state index in [0.29, 0.717) is 6.42 Å². The van der Waals surface area contributed by atoms with Gasteiger partial charge < -0.3 is 9.90 Å². The van der Waals surface area contributed by atoms with Crippen molar-refractivity contribution >= 4 is 6.29 Å². The third-order valence-electron chi connectivity index (χ3n) is 1.12. The SMILES string of the molecule is C=C/C(=C\C=C(/C)O)CC=O. The van der Waals surface area contributed by atoms with Gasteiger partial charge in [-0.15, -0.1) is 0 Å². The normalized spacial score (nSPS) is 12.8. The molecule has 0 unspecified atom stereocenters. The van der Waals surface area contributed by atoms with E-state index < -0.39 is 0 Å². The lowest BCUT2D eigenvalue weighted by Crippen LogP contribution is -1.78. The monoisotopic (exact) mass is 152 g/mol. The summed E-state index contributed by atoms with van der Waals surface area (Å²) in [5, 5.41) is 8.76. The Labute approximate surface area is 66.5 Å². The van der Waals surface area contributed by atoms with Crippen LogP contribution in [0.2, 0.25) is 0 Å². The van der Waals surface area contributed by atoms with Crippen LogP contribution in [0.4, 0.5) is 0 Å². The Kier molecular flexibility index (Phi) is 4.82. The molecule has 0 fully saturated rings. The minimum atomic E-state index is 0.218. The molecule has 0 aromatic rings. The van der Waals surface area contributed by atoms with Crippen molar-refractivity contribution in [3.63, 3.8) is 0 Å². The van der Waals surface area contributed by atoms with Gasteiger partial charge in [0, 0.05) is 6.42 Å². The maximum atomic E-state index is 10.0. The van der Waals surface area contributed by atoms with Crippen LogP contribution < -0.4 is 0 Å². The van der Waals surface area contributed by atoms with Crippen molar-refractivity contribution in [3.05, 3.63) is 36.1 Å². The number of allylic oxidation sites excluding steroid dienone is 5. The van der Waals surface area contributed by atoms with Gasteiger partial charge in [-0.2, -0.15) is 0 Å². The smallest absolute Gasteiger partial charge is 0.124 e. The van der Waals surface area contributed by atoms with Crippen molar-refractivity contribution in [3.8, 4) is 0 Å². The maximum absolute atomic E-state index is 10.0. The Balaban J connectivity index is 4.22. The predicted molar refractivity (Wildman–Crippen MR) is 45.3 cm³/mol. The molecule has 0 aliphatic rings. The highest BCUT2D eigenvalue weighted by molar-refractivity contribution is 5.56. The summed E-state index contributed by atoms with van der Waals surface area (Å²) < 4.78 is 0. The fraction of sp³-hybridized carbons (Fsp3) is 0.222. The van der Waals surface area contributed by atoms with E-state index in [1.807, 2.05) is 0 Å². The van der Waals surface area contributed by atoms with Gasteiger partial charge in [0.25, 0.3) is 0 Å². The van der Waals surface area contributed by atoms with Crippen LogP contribution in [0.1, 0.15) is 13.3 Å². The molecule has 0 bridgehead atoms. The first kappa shape index (κ1) is 9.69. The molecule has 0 saturated carbocycles. The van der Waals surface area contributed by atoms with Gasteiger partial charge in [0.15, 0.2) is 0 Å². The maximum Gasteiger partial charge on any atom is 0.124 e. The molecule has 0 amide bonds. The number of aliphatic hydroxyl groups excluding tert-OH is 1. The summed E-state index contributed by atoms with van der Waals surface area (Å²) in [5.41, 5.74) is 0.799. The van der Waals surface area contributed by atoms with Crippen molar-refractivity contribution in [2.45, 2.75) is 13.3 Å². The molecule has 0 aliphatic heterocycles. The molecule has 60 valence electrons. The number of carbonyl (C=O) groups excluding carboxylic acids is 1. The molecule has 0 spiro atoms. The molecular formula is C9H12O2. The van der Waals surface area contributed by atoms with Crippen LogP contribution in [0.5, 0.6) is 0 Å². The second kappa shape index (κ2) is 5.47. The standard InChI is InChI=1S/C9H12O2/c1-3-9(6-7-10)5-4-8(2)11/h3-5,7,11H,1,6H2,2H3/b8-4+,9-5+. The number of aldehydes is 1. The van der Waals surface area contributed by atoms with Gasteiger partial charge in [0.2, 0.25) is 0 Å². The summed E-state index contributed by atoms with van der Waals surface area (Å²) in [7, 11) is 0. The van der Waals surface area contributed by atoms with E-state index in [1.54, 1.807) is 19.1 Å². The third kappa shape index (κ3) is 5.15. The number of hydrogen-bond donors (Lipinski definition) is 1. The van der Waals surface area contributed by atoms with E-state index >= 15 is 0 Å². The molecule has 0 saturated heterocycles. The van der Waals surface area contributed by atoms with Crippen molar-refractivity contribution in [1.29, 1.82) is 0 Å². The molecule has 2 nitrogen and oxygen atoms in total. The Morgan fingerprint density at radius 1 is 1.55 bits per heavy atom. The highest BCUT2D eigenvalue weighted by atomic mass is 16.3. The van der Waals surface area contributed by atoms with E-state index in [-0.39, 0.29) is 5.76 Å². The fourth-order valence-corrected chi connectivity index (χ4v) is 0.543. The van der Waals surface area contributed by atoms with E-state index in [9.17, 15) is 4.79 Å². The lowest BCUT2D eigenvalue weighted by atomic mass is 10.2. The predicted octanol–water partition coefficient (Wildman–Crippen LogP) is 2.15. The minimum Gasteiger partial charge on any atom is -0.513 e. The molecule has 0 aliphatic carbocycles. The molecular weight excluding hydrogens is 140 g/mol. The molecule has 0 rings (SSSR count). The first-order valence-corrected chi connectivity index (χ1v) is 3.33. The highest BCUT2D eigenvalue weighted by Gasteiger charge is 1.86. The Bertz CT molecular complexity index is 196. The lowest BCUT2D eigenvalue weighted by Gasteiger charge is -1.91. The molecule has 0 aromatic carbocycles. The molecule has 0 radical (unpaired) electrons. The van der Waals surface area contributed by atoms with Crippen LogP contribution >= 0.6 is 0 Å². The average Bonchev–Trinajstić information content (AvgIpc) is 1.97. The summed E-state index contributed by atoms with van der Waals surface area (Å²) in [5.74, 6) is 0.218. The summed E-state index contributed by atoms with van der Waals surface area (Å²) >= 11 is 0.